The van der Waals surface area contributed by atoms with E-state index in [4.69, 9.17) is 18.9 Å². The molecule has 0 aliphatic rings. The van der Waals surface area contributed by atoms with Gasteiger partial charge in [-0.2, -0.15) is 23.5 Å². The average Bonchev–Trinajstić information content (AvgIpc) is 3.15. The number of thioether (sulfide) groups is 2. The SMILES string of the molecule is CCCCCCCSCC(C)C(=O)OCCOC(=O)CCN(C)CCCN(C)CCCN(C)CCC(=O)OCCOC(=O)C(C)CSCCCCCCC. The summed E-state index contributed by atoms with van der Waals surface area (Å²) in [6, 6.07) is 0. The Morgan fingerprint density at radius 2 is 0.796 bits per heavy atom. The summed E-state index contributed by atoms with van der Waals surface area (Å²) < 4.78 is 21.1. The topological polar surface area (TPSA) is 115 Å². The molecule has 0 aromatic rings. The van der Waals surface area contributed by atoms with E-state index < -0.39 is 0 Å². The van der Waals surface area contributed by atoms with Gasteiger partial charge in [0.25, 0.3) is 0 Å². The standard InChI is InChI=1S/C41H79N3O8S2/c1-8-10-12-14-16-32-53-34-36(3)40(47)51-30-28-49-38(45)20-26-43(6)24-18-22-42(5)23-19-25-44(7)27-21-39(46)50-29-31-52-41(48)37(4)35-54-33-17-15-13-11-9-2/h36-37H,8-35H2,1-7H3. The number of nitrogens with zero attached hydrogens (tertiary/aromatic N) is 3. The van der Waals surface area contributed by atoms with Crippen LogP contribution in [0.1, 0.15) is 118 Å². The fourth-order valence-corrected chi connectivity index (χ4v) is 7.55. The summed E-state index contributed by atoms with van der Waals surface area (Å²) in [5.41, 5.74) is 0. The molecular formula is C41H79N3O8S2. The fraction of sp³-hybridized carbons (Fsp3) is 0.902. The number of carbonyl (C=O) groups excluding carboxylic acids is 4. The molecule has 0 heterocycles. The van der Waals surface area contributed by atoms with Gasteiger partial charge < -0.3 is 33.6 Å². The molecule has 0 amide bonds. The molecule has 0 saturated carbocycles. The molecule has 11 nitrogen and oxygen atoms in total. The van der Waals surface area contributed by atoms with Crippen molar-refractivity contribution in [2.45, 2.75) is 118 Å². The number of carbonyl (C=O) groups is 4. The molecule has 318 valence electrons. The summed E-state index contributed by atoms with van der Waals surface area (Å²) in [4.78, 5) is 55.2. The third-order valence-electron chi connectivity index (χ3n) is 9.06. The quantitative estimate of drug-likeness (QED) is 0.0357. The number of esters is 4. The van der Waals surface area contributed by atoms with Crippen molar-refractivity contribution in [2.75, 3.05) is 110 Å². The van der Waals surface area contributed by atoms with Gasteiger partial charge in [0.05, 0.1) is 24.7 Å². The van der Waals surface area contributed by atoms with Crippen molar-refractivity contribution >= 4 is 47.4 Å². The van der Waals surface area contributed by atoms with E-state index in [9.17, 15) is 19.2 Å². The molecule has 0 rings (SSSR count). The van der Waals surface area contributed by atoms with Crippen LogP contribution in [0.25, 0.3) is 0 Å². The summed E-state index contributed by atoms with van der Waals surface area (Å²) in [5, 5.41) is 0. The number of hydrogen-bond acceptors (Lipinski definition) is 13. The van der Waals surface area contributed by atoms with E-state index in [-0.39, 0.29) is 62.1 Å². The minimum absolute atomic E-state index is 0.0899. The Balaban J connectivity index is 3.78. The van der Waals surface area contributed by atoms with E-state index in [1.54, 1.807) is 23.5 Å². The summed E-state index contributed by atoms with van der Waals surface area (Å²) in [6.45, 7) is 13.5. The summed E-state index contributed by atoms with van der Waals surface area (Å²) in [5.74, 6) is 2.33. The first-order chi connectivity index (χ1) is 26.0. The van der Waals surface area contributed by atoms with Gasteiger partial charge in [-0.25, -0.2) is 0 Å². The predicted octanol–water partition coefficient (Wildman–Crippen LogP) is 7.19. The molecule has 0 N–H and O–H groups in total. The Bertz CT molecular complexity index is 876. The highest BCUT2D eigenvalue weighted by atomic mass is 32.2. The number of rotatable bonds is 38. The van der Waals surface area contributed by atoms with Gasteiger partial charge in [0, 0.05) is 24.6 Å². The Morgan fingerprint density at radius 3 is 1.17 bits per heavy atom. The maximum absolute atomic E-state index is 12.2. The molecule has 0 aliphatic heterocycles. The van der Waals surface area contributed by atoms with Crippen LogP contribution in [-0.2, 0) is 38.1 Å². The smallest absolute Gasteiger partial charge is 0.309 e. The molecule has 0 bridgehead atoms. The Labute approximate surface area is 338 Å². The highest BCUT2D eigenvalue weighted by Gasteiger charge is 2.16. The van der Waals surface area contributed by atoms with Crippen molar-refractivity contribution in [2.24, 2.45) is 11.8 Å². The molecule has 0 spiro atoms. The van der Waals surface area contributed by atoms with E-state index in [1.165, 1.54) is 64.2 Å². The highest BCUT2D eigenvalue weighted by Crippen LogP contribution is 2.15. The van der Waals surface area contributed by atoms with Gasteiger partial charge in [-0.15, -0.1) is 0 Å². The molecule has 0 radical (unpaired) electrons. The lowest BCUT2D eigenvalue weighted by molar-refractivity contribution is -0.154. The number of ether oxygens (including phenoxy) is 4. The van der Waals surface area contributed by atoms with Crippen LogP contribution < -0.4 is 0 Å². The Kier molecular flexibility index (Phi) is 36.0. The largest absolute Gasteiger partial charge is 0.462 e. The van der Waals surface area contributed by atoms with E-state index in [1.807, 2.05) is 27.9 Å². The molecule has 0 aromatic carbocycles. The van der Waals surface area contributed by atoms with Crippen molar-refractivity contribution in [1.29, 1.82) is 0 Å². The van der Waals surface area contributed by atoms with Gasteiger partial charge in [0.1, 0.15) is 26.4 Å². The lowest BCUT2D eigenvalue weighted by atomic mass is 10.2. The third kappa shape index (κ3) is 33.8. The van der Waals surface area contributed by atoms with Gasteiger partial charge in [0.15, 0.2) is 0 Å². The lowest BCUT2D eigenvalue weighted by Crippen LogP contribution is -2.30. The first-order valence-corrected chi connectivity index (χ1v) is 23.2. The van der Waals surface area contributed by atoms with Crippen molar-refractivity contribution in [3.8, 4) is 0 Å². The van der Waals surface area contributed by atoms with Crippen molar-refractivity contribution < 1.29 is 38.1 Å². The molecule has 0 fully saturated rings. The minimum atomic E-state index is -0.279. The van der Waals surface area contributed by atoms with Crippen LogP contribution >= 0.6 is 23.5 Å². The molecular weight excluding hydrogens is 727 g/mol. The van der Waals surface area contributed by atoms with Gasteiger partial charge in [-0.05, 0) is 84.5 Å². The van der Waals surface area contributed by atoms with Crippen LogP contribution in [0.15, 0.2) is 0 Å². The van der Waals surface area contributed by atoms with Crippen LogP contribution in [0.3, 0.4) is 0 Å². The first-order valence-electron chi connectivity index (χ1n) is 20.9. The molecule has 0 aliphatic carbocycles. The minimum Gasteiger partial charge on any atom is -0.462 e. The second-order valence-electron chi connectivity index (χ2n) is 14.7. The first kappa shape index (κ1) is 52.5. The zero-order valence-electron chi connectivity index (χ0n) is 35.4. The third-order valence-corrected chi connectivity index (χ3v) is 11.7. The molecule has 0 saturated heterocycles. The summed E-state index contributed by atoms with van der Waals surface area (Å²) >= 11 is 3.61. The maximum Gasteiger partial charge on any atom is 0.309 e. The average molecular weight is 806 g/mol. The van der Waals surface area contributed by atoms with Crippen LogP contribution in [0.5, 0.6) is 0 Å². The Hall–Kier alpha value is -1.54. The molecule has 0 aromatic heterocycles. The summed E-state index contributed by atoms with van der Waals surface area (Å²) in [7, 11) is 6.12. The normalized spacial score (nSPS) is 12.6. The Morgan fingerprint density at radius 1 is 0.463 bits per heavy atom. The van der Waals surface area contributed by atoms with Crippen LogP contribution in [0.4, 0.5) is 0 Å². The fourth-order valence-electron chi connectivity index (χ4n) is 5.42. The van der Waals surface area contributed by atoms with Crippen LogP contribution in [-0.4, -0.2) is 148 Å². The van der Waals surface area contributed by atoms with Gasteiger partial charge in [-0.1, -0.05) is 79.1 Å². The zero-order valence-corrected chi connectivity index (χ0v) is 37.0. The van der Waals surface area contributed by atoms with Crippen LogP contribution in [0, 0.1) is 11.8 Å². The van der Waals surface area contributed by atoms with Gasteiger partial charge in [-0.3, -0.25) is 19.2 Å². The second-order valence-corrected chi connectivity index (χ2v) is 17.0. The van der Waals surface area contributed by atoms with Gasteiger partial charge >= 0.3 is 23.9 Å². The van der Waals surface area contributed by atoms with E-state index in [2.05, 4.69) is 35.6 Å². The van der Waals surface area contributed by atoms with Crippen LogP contribution in [0.2, 0.25) is 0 Å². The molecule has 2 atom stereocenters. The second kappa shape index (κ2) is 37.1. The van der Waals surface area contributed by atoms with E-state index >= 15 is 0 Å². The predicted molar refractivity (Wildman–Crippen MR) is 225 cm³/mol. The summed E-state index contributed by atoms with van der Waals surface area (Å²) in [6.07, 6.45) is 15.1. The van der Waals surface area contributed by atoms with Crippen molar-refractivity contribution in [1.82, 2.24) is 14.7 Å². The van der Waals surface area contributed by atoms with Gasteiger partial charge in [0.2, 0.25) is 0 Å². The monoisotopic (exact) mass is 806 g/mol. The number of unbranched alkanes of at least 4 members (excludes halogenated alkanes) is 8. The van der Waals surface area contributed by atoms with E-state index in [0.29, 0.717) is 25.9 Å². The van der Waals surface area contributed by atoms with Crippen molar-refractivity contribution in [3.05, 3.63) is 0 Å². The highest BCUT2D eigenvalue weighted by molar-refractivity contribution is 7.99. The molecule has 13 heteroatoms. The van der Waals surface area contributed by atoms with E-state index in [0.717, 1.165) is 62.0 Å². The number of hydrogen-bond donors (Lipinski definition) is 0. The molecule has 54 heavy (non-hydrogen) atoms. The lowest BCUT2D eigenvalue weighted by Gasteiger charge is -2.21. The van der Waals surface area contributed by atoms with Crippen molar-refractivity contribution in [3.63, 3.8) is 0 Å². The zero-order chi connectivity index (χ0) is 40.2. The molecule has 2 unspecified atom stereocenters. The maximum atomic E-state index is 12.2.